The number of nitrogens with zero attached hydrogens (tertiary/aromatic N) is 5. The van der Waals surface area contributed by atoms with Crippen molar-refractivity contribution in [1.29, 1.82) is 5.26 Å². The fraction of sp³-hybridized carbons (Fsp3) is 0.316. The maximum Gasteiger partial charge on any atom is 0.234 e. The monoisotopic (exact) mass is 348 g/mol. The second kappa shape index (κ2) is 7.52. The van der Waals surface area contributed by atoms with Crippen LogP contribution >= 0.6 is 0 Å². The van der Waals surface area contributed by atoms with Gasteiger partial charge < -0.3 is 10.1 Å². The minimum absolute atomic E-state index is 0.624. The molecule has 1 N–H and O–H groups in total. The summed E-state index contributed by atoms with van der Waals surface area (Å²) in [6, 6.07) is 9.57. The van der Waals surface area contributed by atoms with Crippen molar-refractivity contribution in [2.75, 3.05) is 39.3 Å². The van der Waals surface area contributed by atoms with E-state index in [2.05, 4.69) is 26.3 Å². The van der Waals surface area contributed by atoms with Gasteiger partial charge in [-0.2, -0.15) is 5.26 Å². The summed E-state index contributed by atoms with van der Waals surface area (Å²) < 4.78 is 7.82. The summed E-state index contributed by atoms with van der Waals surface area (Å²) in [6.07, 6.45) is 5.41. The van der Waals surface area contributed by atoms with Crippen molar-refractivity contribution in [3.05, 3.63) is 48.4 Å². The lowest BCUT2D eigenvalue weighted by atomic mass is 10.1. The van der Waals surface area contributed by atoms with Crippen LogP contribution in [-0.2, 0) is 0 Å². The Bertz CT molecular complexity index is 921. The number of rotatable bonds is 5. The molecular formula is C19H20N6O. The Morgan fingerprint density at radius 1 is 1.12 bits per heavy atom. The van der Waals surface area contributed by atoms with E-state index in [-0.39, 0.29) is 0 Å². The van der Waals surface area contributed by atoms with E-state index in [9.17, 15) is 0 Å². The fourth-order valence-corrected chi connectivity index (χ4v) is 3.09. The van der Waals surface area contributed by atoms with Crippen molar-refractivity contribution in [2.24, 2.45) is 0 Å². The van der Waals surface area contributed by atoms with E-state index in [4.69, 9.17) is 10.00 Å². The maximum atomic E-state index is 8.94. The highest BCUT2D eigenvalue weighted by atomic mass is 16.5. The third-order valence-electron chi connectivity index (χ3n) is 4.54. The van der Waals surface area contributed by atoms with Gasteiger partial charge in [0.2, 0.25) is 5.78 Å². The minimum atomic E-state index is 0.624. The number of fused-ring (bicyclic) bond motifs is 1. The first kappa shape index (κ1) is 16.5. The minimum Gasteiger partial charge on any atom is -0.489 e. The van der Waals surface area contributed by atoms with E-state index in [0.29, 0.717) is 17.9 Å². The second-order valence-electron chi connectivity index (χ2n) is 6.23. The van der Waals surface area contributed by atoms with Gasteiger partial charge in [-0.1, -0.05) is 12.1 Å². The number of hydrogen-bond donors (Lipinski definition) is 1. The zero-order valence-corrected chi connectivity index (χ0v) is 14.4. The Morgan fingerprint density at radius 2 is 1.88 bits per heavy atom. The predicted molar refractivity (Wildman–Crippen MR) is 97.9 cm³/mol. The van der Waals surface area contributed by atoms with Crippen LogP contribution in [0.5, 0.6) is 5.75 Å². The van der Waals surface area contributed by atoms with Gasteiger partial charge in [0, 0.05) is 38.3 Å². The van der Waals surface area contributed by atoms with Crippen LogP contribution in [0.15, 0.2) is 42.9 Å². The van der Waals surface area contributed by atoms with Crippen LogP contribution in [0.2, 0.25) is 0 Å². The van der Waals surface area contributed by atoms with Crippen molar-refractivity contribution < 1.29 is 4.74 Å². The number of ether oxygens (including phenoxy) is 1. The normalized spacial score (nSPS) is 15.0. The van der Waals surface area contributed by atoms with Gasteiger partial charge in [0.25, 0.3) is 0 Å². The van der Waals surface area contributed by atoms with Crippen LogP contribution < -0.4 is 10.1 Å². The van der Waals surface area contributed by atoms with Gasteiger partial charge in [-0.3, -0.25) is 9.30 Å². The van der Waals surface area contributed by atoms with Crippen molar-refractivity contribution in [3.63, 3.8) is 0 Å². The smallest absolute Gasteiger partial charge is 0.234 e. The van der Waals surface area contributed by atoms with E-state index in [0.717, 1.165) is 49.7 Å². The zero-order valence-electron chi connectivity index (χ0n) is 14.4. The molecule has 0 bridgehead atoms. The molecule has 26 heavy (non-hydrogen) atoms. The van der Waals surface area contributed by atoms with E-state index in [1.165, 1.54) is 0 Å². The maximum absolute atomic E-state index is 8.94. The molecular weight excluding hydrogens is 328 g/mol. The van der Waals surface area contributed by atoms with Gasteiger partial charge in [-0.05, 0) is 12.1 Å². The molecule has 7 nitrogen and oxygen atoms in total. The molecule has 1 aliphatic heterocycles. The summed E-state index contributed by atoms with van der Waals surface area (Å²) in [5.74, 6) is 1.35. The van der Waals surface area contributed by atoms with E-state index < -0.39 is 0 Å². The molecule has 0 amide bonds. The molecule has 1 saturated heterocycles. The Labute approximate surface area is 151 Å². The molecule has 0 aliphatic carbocycles. The van der Waals surface area contributed by atoms with Gasteiger partial charge in [0.1, 0.15) is 6.61 Å². The van der Waals surface area contributed by atoms with Crippen LogP contribution in [0.3, 0.4) is 0 Å². The van der Waals surface area contributed by atoms with E-state index >= 15 is 0 Å². The lowest BCUT2D eigenvalue weighted by molar-refractivity contribution is 0.190. The van der Waals surface area contributed by atoms with Crippen molar-refractivity contribution >= 4 is 5.78 Å². The summed E-state index contributed by atoms with van der Waals surface area (Å²) >= 11 is 0. The van der Waals surface area contributed by atoms with Gasteiger partial charge in [0.05, 0.1) is 35.9 Å². The van der Waals surface area contributed by atoms with Crippen LogP contribution in [0.1, 0.15) is 5.56 Å². The lowest BCUT2D eigenvalue weighted by Gasteiger charge is -2.26. The van der Waals surface area contributed by atoms with Crippen LogP contribution in [0.4, 0.5) is 0 Å². The Hall–Kier alpha value is -2.95. The first-order chi connectivity index (χ1) is 12.8. The largest absolute Gasteiger partial charge is 0.489 e. The standard InChI is InChI=1S/C19H20N6O/c20-11-15-1-3-16(4-2-15)18-13-23-19-22-12-17(14-25(18)19)26-10-9-24-7-5-21-6-8-24/h1-4,12-14,21H,5-10H2. The molecule has 1 fully saturated rings. The molecule has 0 atom stereocenters. The number of imidazole rings is 1. The second-order valence-corrected chi connectivity index (χ2v) is 6.23. The van der Waals surface area contributed by atoms with E-state index in [1.807, 2.05) is 22.7 Å². The number of benzene rings is 1. The molecule has 132 valence electrons. The van der Waals surface area contributed by atoms with Gasteiger partial charge in [-0.15, -0.1) is 0 Å². The number of aromatic nitrogens is 3. The zero-order chi connectivity index (χ0) is 17.8. The molecule has 1 aliphatic rings. The van der Waals surface area contributed by atoms with Crippen LogP contribution in [0.25, 0.3) is 17.0 Å². The summed E-state index contributed by atoms with van der Waals surface area (Å²) in [6.45, 7) is 5.74. The predicted octanol–water partition coefficient (Wildman–Crippen LogP) is 1.55. The number of piperazine rings is 1. The summed E-state index contributed by atoms with van der Waals surface area (Å²) in [5, 5.41) is 12.3. The van der Waals surface area contributed by atoms with Crippen LogP contribution in [-0.4, -0.2) is 58.6 Å². The van der Waals surface area contributed by atoms with Crippen molar-refractivity contribution in [2.45, 2.75) is 0 Å². The first-order valence-corrected chi connectivity index (χ1v) is 8.73. The number of hydrogen-bond acceptors (Lipinski definition) is 6. The van der Waals surface area contributed by atoms with Crippen LogP contribution in [0, 0.1) is 11.3 Å². The highest BCUT2D eigenvalue weighted by molar-refractivity contribution is 5.63. The average Bonchev–Trinajstić information content (AvgIpc) is 3.12. The first-order valence-electron chi connectivity index (χ1n) is 8.73. The van der Waals surface area contributed by atoms with Gasteiger partial charge in [0.15, 0.2) is 5.75 Å². The third kappa shape index (κ3) is 3.52. The fourth-order valence-electron chi connectivity index (χ4n) is 3.09. The molecule has 3 aromatic rings. The Balaban J connectivity index is 1.49. The van der Waals surface area contributed by atoms with Crippen molar-refractivity contribution in [3.8, 4) is 23.1 Å². The topological polar surface area (TPSA) is 78.5 Å². The molecule has 4 rings (SSSR count). The molecule has 2 aromatic heterocycles. The Kier molecular flexibility index (Phi) is 4.78. The molecule has 0 radical (unpaired) electrons. The quantitative estimate of drug-likeness (QED) is 0.754. The molecule has 3 heterocycles. The van der Waals surface area contributed by atoms with Gasteiger partial charge in [-0.25, -0.2) is 9.97 Å². The Morgan fingerprint density at radius 3 is 2.65 bits per heavy atom. The van der Waals surface area contributed by atoms with E-state index in [1.54, 1.807) is 24.5 Å². The molecule has 7 heteroatoms. The highest BCUT2D eigenvalue weighted by Gasteiger charge is 2.11. The summed E-state index contributed by atoms with van der Waals surface area (Å²) in [7, 11) is 0. The summed E-state index contributed by atoms with van der Waals surface area (Å²) in [5.41, 5.74) is 2.54. The SMILES string of the molecule is N#Cc1ccc(-c2cnc3ncc(OCCN4CCNCC4)cn23)cc1. The molecule has 0 spiro atoms. The van der Waals surface area contributed by atoms with Crippen molar-refractivity contribution in [1.82, 2.24) is 24.6 Å². The highest BCUT2D eigenvalue weighted by Crippen LogP contribution is 2.22. The molecule has 0 saturated carbocycles. The number of nitriles is 1. The van der Waals surface area contributed by atoms with Gasteiger partial charge >= 0.3 is 0 Å². The average molecular weight is 348 g/mol. The molecule has 0 unspecified atom stereocenters. The number of nitrogens with one attached hydrogen (secondary N) is 1. The lowest BCUT2D eigenvalue weighted by Crippen LogP contribution is -2.44. The summed E-state index contributed by atoms with van der Waals surface area (Å²) in [4.78, 5) is 11.1. The molecule has 1 aromatic carbocycles. The third-order valence-corrected chi connectivity index (χ3v) is 4.54.